The van der Waals surface area contributed by atoms with Gasteiger partial charge in [-0.1, -0.05) is 17.3 Å². The Kier molecular flexibility index (Phi) is 4.41. The lowest BCUT2D eigenvalue weighted by Crippen LogP contribution is -2.25. The molecule has 0 spiro atoms. The molecule has 124 valence electrons. The molecule has 0 unspecified atom stereocenters. The van der Waals surface area contributed by atoms with E-state index in [9.17, 15) is 8.42 Å². The van der Waals surface area contributed by atoms with Crippen molar-refractivity contribution in [1.82, 2.24) is 10.5 Å². The Hall–Kier alpha value is -1.86. The third-order valence-corrected chi connectivity index (χ3v) is 5.89. The van der Waals surface area contributed by atoms with Crippen LogP contribution in [0.25, 0.3) is 0 Å². The van der Waals surface area contributed by atoms with Crippen LogP contribution in [-0.4, -0.2) is 25.9 Å². The molecule has 23 heavy (non-hydrogen) atoms. The first kappa shape index (κ1) is 16.0. The highest BCUT2D eigenvalue weighted by atomic mass is 32.2. The monoisotopic (exact) mass is 335 g/mol. The van der Waals surface area contributed by atoms with Crippen molar-refractivity contribution in [3.05, 3.63) is 47.3 Å². The largest absolute Gasteiger partial charge is 0.361 e. The highest BCUT2D eigenvalue weighted by Gasteiger charge is 2.28. The molecule has 1 saturated heterocycles. The van der Waals surface area contributed by atoms with Crippen molar-refractivity contribution in [3.8, 4) is 0 Å². The molecule has 0 aliphatic carbocycles. The van der Waals surface area contributed by atoms with Crippen LogP contribution in [0.5, 0.6) is 0 Å². The van der Waals surface area contributed by atoms with Crippen molar-refractivity contribution in [2.75, 3.05) is 16.6 Å². The molecule has 1 aromatic carbocycles. The third-order valence-electron chi connectivity index (χ3n) is 4.02. The van der Waals surface area contributed by atoms with Gasteiger partial charge in [-0.05, 0) is 38.0 Å². The van der Waals surface area contributed by atoms with Gasteiger partial charge < -0.3 is 9.84 Å². The first-order chi connectivity index (χ1) is 11.0. The first-order valence-corrected chi connectivity index (χ1v) is 9.32. The van der Waals surface area contributed by atoms with Gasteiger partial charge >= 0.3 is 0 Å². The third kappa shape index (κ3) is 3.56. The van der Waals surface area contributed by atoms with E-state index in [1.54, 1.807) is 0 Å². The number of nitrogens with one attached hydrogen (secondary N) is 1. The molecule has 1 aliphatic heterocycles. The summed E-state index contributed by atoms with van der Waals surface area (Å²) < 4.78 is 30.6. The summed E-state index contributed by atoms with van der Waals surface area (Å²) in [6.07, 6.45) is 0.686. The predicted octanol–water partition coefficient (Wildman–Crippen LogP) is 2.37. The Morgan fingerprint density at radius 3 is 2.87 bits per heavy atom. The zero-order valence-electron chi connectivity index (χ0n) is 13.3. The van der Waals surface area contributed by atoms with E-state index < -0.39 is 10.0 Å². The van der Waals surface area contributed by atoms with Gasteiger partial charge in [-0.25, -0.2) is 8.42 Å². The van der Waals surface area contributed by atoms with Gasteiger partial charge in [0.1, 0.15) is 5.76 Å². The molecule has 0 saturated carbocycles. The van der Waals surface area contributed by atoms with Crippen LogP contribution in [0, 0.1) is 6.92 Å². The van der Waals surface area contributed by atoms with Crippen molar-refractivity contribution in [3.63, 3.8) is 0 Å². The summed E-state index contributed by atoms with van der Waals surface area (Å²) in [4.78, 5) is 0. The summed E-state index contributed by atoms with van der Waals surface area (Å²) in [5.74, 6) is 1.02. The summed E-state index contributed by atoms with van der Waals surface area (Å²) in [7, 11) is -3.14. The van der Waals surface area contributed by atoms with Gasteiger partial charge in [-0.2, -0.15) is 0 Å². The smallest absolute Gasteiger partial charge is 0.235 e. The quantitative estimate of drug-likeness (QED) is 0.908. The molecule has 1 fully saturated rings. The Balaban J connectivity index is 1.71. The van der Waals surface area contributed by atoms with E-state index in [-0.39, 0.29) is 11.8 Å². The summed E-state index contributed by atoms with van der Waals surface area (Å²) >= 11 is 0. The molecule has 0 radical (unpaired) electrons. The second-order valence-corrected chi connectivity index (χ2v) is 7.88. The number of nitrogens with zero attached hydrogens (tertiary/aromatic N) is 2. The maximum absolute atomic E-state index is 12.0. The maximum Gasteiger partial charge on any atom is 0.235 e. The fourth-order valence-electron chi connectivity index (χ4n) is 2.76. The van der Waals surface area contributed by atoms with Gasteiger partial charge in [0.05, 0.1) is 17.1 Å². The van der Waals surface area contributed by atoms with Crippen LogP contribution < -0.4 is 9.62 Å². The number of anilines is 1. The lowest BCUT2D eigenvalue weighted by molar-refractivity contribution is 0.386. The molecule has 6 nitrogen and oxygen atoms in total. The highest BCUT2D eigenvalue weighted by Crippen LogP contribution is 2.26. The zero-order chi connectivity index (χ0) is 16.4. The molecule has 1 aromatic heterocycles. The van der Waals surface area contributed by atoms with Crippen molar-refractivity contribution in [2.24, 2.45) is 0 Å². The van der Waals surface area contributed by atoms with Crippen LogP contribution in [0.4, 0.5) is 5.69 Å². The standard InChI is InChI=1S/C16H21N3O3S/c1-12-9-15(18-22-12)11-17-13(2)14-5-3-6-16(10-14)19-7-4-8-23(19,20)21/h3,5-6,9-10,13,17H,4,7-8,11H2,1-2H3/t13-/m1/s1. The number of hydrogen-bond acceptors (Lipinski definition) is 5. The number of rotatable bonds is 5. The lowest BCUT2D eigenvalue weighted by atomic mass is 10.1. The molecule has 1 aliphatic rings. The summed E-state index contributed by atoms with van der Waals surface area (Å²) in [5.41, 5.74) is 2.64. The molecule has 1 atom stereocenters. The van der Waals surface area contributed by atoms with Gasteiger partial charge in [0.15, 0.2) is 0 Å². The summed E-state index contributed by atoms with van der Waals surface area (Å²) in [6.45, 7) is 5.07. The minimum Gasteiger partial charge on any atom is -0.361 e. The molecule has 7 heteroatoms. The van der Waals surface area contributed by atoms with Crippen LogP contribution in [0.15, 0.2) is 34.9 Å². The number of aromatic nitrogens is 1. The Bertz CT molecular complexity index is 785. The minimum absolute atomic E-state index is 0.0808. The van der Waals surface area contributed by atoms with E-state index in [4.69, 9.17) is 4.52 Å². The minimum atomic E-state index is -3.14. The molecule has 2 heterocycles. The van der Waals surface area contributed by atoms with Gasteiger partial charge in [0.2, 0.25) is 10.0 Å². The molecule has 3 rings (SSSR count). The van der Waals surface area contributed by atoms with Crippen molar-refractivity contribution in [1.29, 1.82) is 0 Å². The average molecular weight is 335 g/mol. The first-order valence-electron chi connectivity index (χ1n) is 7.72. The number of benzene rings is 1. The molecule has 2 aromatic rings. The molecular formula is C16H21N3O3S. The van der Waals surface area contributed by atoms with E-state index in [1.165, 1.54) is 4.31 Å². The van der Waals surface area contributed by atoms with Gasteiger partial charge in [-0.3, -0.25) is 4.31 Å². The zero-order valence-corrected chi connectivity index (χ0v) is 14.1. The van der Waals surface area contributed by atoms with Crippen LogP contribution in [0.1, 0.15) is 36.4 Å². The van der Waals surface area contributed by atoms with Crippen LogP contribution in [0.3, 0.4) is 0 Å². The van der Waals surface area contributed by atoms with Crippen LogP contribution in [-0.2, 0) is 16.6 Å². The predicted molar refractivity (Wildman–Crippen MR) is 88.7 cm³/mol. The topological polar surface area (TPSA) is 75.4 Å². The van der Waals surface area contributed by atoms with E-state index in [1.807, 2.05) is 44.2 Å². The lowest BCUT2D eigenvalue weighted by Gasteiger charge is -2.20. The van der Waals surface area contributed by atoms with Gasteiger partial charge in [0.25, 0.3) is 0 Å². The SMILES string of the molecule is Cc1cc(CN[C@H](C)c2cccc(N3CCCS3(=O)=O)c2)no1. The average Bonchev–Trinajstić information content (AvgIpc) is 3.10. The van der Waals surface area contributed by atoms with E-state index >= 15 is 0 Å². The Morgan fingerprint density at radius 2 is 2.22 bits per heavy atom. The van der Waals surface area contributed by atoms with Crippen LogP contribution >= 0.6 is 0 Å². The fourth-order valence-corrected chi connectivity index (χ4v) is 4.31. The van der Waals surface area contributed by atoms with E-state index in [2.05, 4.69) is 10.5 Å². The number of aryl methyl sites for hydroxylation is 1. The number of hydrogen-bond donors (Lipinski definition) is 1. The second kappa shape index (κ2) is 6.33. The molecule has 1 N–H and O–H groups in total. The summed E-state index contributed by atoms with van der Waals surface area (Å²) in [6, 6.07) is 9.66. The van der Waals surface area contributed by atoms with Crippen molar-refractivity contribution >= 4 is 15.7 Å². The molecule has 0 bridgehead atoms. The highest BCUT2D eigenvalue weighted by molar-refractivity contribution is 7.93. The van der Waals surface area contributed by atoms with Crippen molar-refractivity contribution < 1.29 is 12.9 Å². The van der Waals surface area contributed by atoms with E-state index in [0.29, 0.717) is 19.5 Å². The van der Waals surface area contributed by atoms with Crippen LogP contribution in [0.2, 0.25) is 0 Å². The second-order valence-electron chi connectivity index (χ2n) is 5.87. The number of sulfonamides is 1. The molecular weight excluding hydrogens is 314 g/mol. The molecule has 0 amide bonds. The van der Waals surface area contributed by atoms with Crippen molar-refractivity contribution in [2.45, 2.75) is 32.9 Å². The maximum atomic E-state index is 12.0. The Morgan fingerprint density at radius 1 is 1.39 bits per heavy atom. The normalized spacial score (nSPS) is 18.3. The van der Waals surface area contributed by atoms with Gasteiger partial charge in [-0.15, -0.1) is 0 Å². The fraction of sp³-hybridized carbons (Fsp3) is 0.438. The van der Waals surface area contributed by atoms with E-state index in [0.717, 1.165) is 22.7 Å². The van der Waals surface area contributed by atoms with Gasteiger partial charge in [0, 0.05) is 25.2 Å². The summed E-state index contributed by atoms with van der Waals surface area (Å²) in [5, 5.41) is 7.33. The Labute approximate surface area is 136 Å².